The van der Waals surface area contributed by atoms with Gasteiger partial charge in [-0.3, -0.25) is 4.79 Å². The molecule has 0 unspecified atom stereocenters. The Morgan fingerprint density at radius 3 is 2.75 bits per heavy atom. The summed E-state index contributed by atoms with van der Waals surface area (Å²) in [5.74, 6) is -3.05. The average molecular weight is 342 g/mol. The number of hydrogen-bond acceptors (Lipinski definition) is 5. The molecule has 1 heterocycles. The van der Waals surface area contributed by atoms with Gasteiger partial charge in [0.2, 0.25) is 10.0 Å². The van der Waals surface area contributed by atoms with Gasteiger partial charge in [0.1, 0.15) is 16.8 Å². The van der Waals surface area contributed by atoms with Crippen LogP contribution >= 0.6 is 23.4 Å². The van der Waals surface area contributed by atoms with Crippen molar-refractivity contribution in [2.24, 2.45) is 0 Å². The Labute approximate surface area is 123 Å². The van der Waals surface area contributed by atoms with Gasteiger partial charge in [-0.05, 0) is 12.1 Å². The number of benzene rings is 1. The Kier molecular flexibility index (Phi) is 4.14. The molecule has 0 aromatic heterocycles. The number of aliphatic carboxylic acids is 1. The van der Waals surface area contributed by atoms with E-state index in [4.69, 9.17) is 16.7 Å². The molecule has 0 spiro atoms. The van der Waals surface area contributed by atoms with Crippen molar-refractivity contribution in [3.63, 3.8) is 0 Å². The number of aromatic hydroxyl groups is 1. The third-order valence-corrected chi connectivity index (χ3v) is 6.04. The van der Waals surface area contributed by atoms with E-state index in [1.807, 2.05) is 0 Å². The predicted octanol–water partition coefficient (Wildman–Crippen LogP) is 1.33. The molecule has 20 heavy (non-hydrogen) atoms. The van der Waals surface area contributed by atoms with E-state index in [1.54, 1.807) is 0 Å². The SMILES string of the molecule is O=C(O)[C@@H]1CSCN1S(=O)(=O)c1cc(F)cc(Cl)c1O. The highest BCUT2D eigenvalue weighted by Gasteiger charge is 2.41. The lowest BCUT2D eigenvalue weighted by atomic mass is 10.3. The fraction of sp³-hybridized carbons (Fsp3) is 0.300. The summed E-state index contributed by atoms with van der Waals surface area (Å²) in [4.78, 5) is 10.3. The lowest BCUT2D eigenvalue weighted by Crippen LogP contribution is -2.41. The minimum atomic E-state index is -4.35. The number of carboxylic acids is 1. The zero-order valence-corrected chi connectivity index (χ0v) is 12.2. The quantitative estimate of drug-likeness (QED) is 0.861. The molecular formula is C10H9ClFNO5S2. The summed E-state index contributed by atoms with van der Waals surface area (Å²) in [7, 11) is -4.35. The van der Waals surface area contributed by atoms with Crippen molar-refractivity contribution in [3.8, 4) is 5.75 Å². The van der Waals surface area contributed by atoms with E-state index in [2.05, 4.69) is 0 Å². The standard InChI is InChI=1S/C10H9ClFNO5S2/c11-6-1-5(12)2-8(9(6)14)20(17,18)13-4-19-3-7(13)10(15)16/h1-2,7,14H,3-4H2,(H,15,16)/t7-/m0/s1. The maximum absolute atomic E-state index is 13.3. The van der Waals surface area contributed by atoms with Crippen LogP contribution in [0.15, 0.2) is 17.0 Å². The van der Waals surface area contributed by atoms with Crippen molar-refractivity contribution in [3.05, 3.63) is 23.0 Å². The maximum atomic E-state index is 13.3. The zero-order chi connectivity index (χ0) is 15.1. The number of phenols is 1. The van der Waals surface area contributed by atoms with E-state index < -0.39 is 43.5 Å². The first kappa shape index (κ1) is 15.4. The van der Waals surface area contributed by atoms with Gasteiger partial charge in [0.05, 0.1) is 10.9 Å². The van der Waals surface area contributed by atoms with Crippen LogP contribution in [0, 0.1) is 5.82 Å². The van der Waals surface area contributed by atoms with E-state index in [0.717, 1.165) is 17.8 Å². The molecule has 1 aromatic carbocycles. The van der Waals surface area contributed by atoms with Gasteiger partial charge in [-0.1, -0.05) is 11.6 Å². The Hall–Kier alpha value is -1.03. The van der Waals surface area contributed by atoms with Crippen LogP contribution in [0.4, 0.5) is 4.39 Å². The van der Waals surface area contributed by atoms with Gasteiger partial charge in [-0.2, -0.15) is 4.31 Å². The summed E-state index contributed by atoms with van der Waals surface area (Å²) in [6.45, 7) is 0. The Bertz CT molecular complexity index is 666. The number of sulfonamides is 1. The second-order valence-electron chi connectivity index (χ2n) is 3.98. The summed E-state index contributed by atoms with van der Waals surface area (Å²) in [5, 5.41) is 18.2. The number of hydrogen-bond donors (Lipinski definition) is 2. The highest BCUT2D eigenvalue weighted by Crippen LogP contribution is 2.36. The van der Waals surface area contributed by atoms with Gasteiger partial charge in [-0.15, -0.1) is 11.8 Å². The highest BCUT2D eigenvalue weighted by molar-refractivity contribution is 8.00. The van der Waals surface area contributed by atoms with Crippen molar-refractivity contribution in [2.75, 3.05) is 11.6 Å². The fourth-order valence-corrected chi connectivity index (χ4v) is 5.24. The van der Waals surface area contributed by atoms with Crippen LogP contribution in [0.2, 0.25) is 5.02 Å². The molecule has 1 fully saturated rings. The Morgan fingerprint density at radius 1 is 1.50 bits per heavy atom. The zero-order valence-electron chi connectivity index (χ0n) is 9.79. The number of carbonyl (C=O) groups is 1. The van der Waals surface area contributed by atoms with E-state index in [-0.39, 0.29) is 11.6 Å². The number of carboxylic acid groups (broad SMARTS) is 1. The smallest absolute Gasteiger partial charge is 0.322 e. The van der Waals surface area contributed by atoms with Crippen molar-refractivity contribution >= 4 is 39.4 Å². The van der Waals surface area contributed by atoms with Crippen LogP contribution in [0.3, 0.4) is 0 Å². The van der Waals surface area contributed by atoms with Crippen LogP contribution in [-0.4, -0.2) is 46.6 Å². The first-order chi connectivity index (χ1) is 9.25. The molecule has 2 rings (SSSR count). The molecule has 1 aliphatic rings. The maximum Gasteiger partial charge on any atom is 0.322 e. The van der Waals surface area contributed by atoms with Crippen molar-refractivity contribution in [1.82, 2.24) is 4.31 Å². The normalized spacial score (nSPS) is 20.2. The molecule has 0 bridgehead atoms. The first-order valence-corrected chi connectivity index (χ1v) is 8.23. The molecule has 1 atom stereocenters. The molecule has 0 saturated carbocycles. The van der Waals surface area contributed by atoms with E-state index >= 15 is 0 Å². The van der Waals surface area contributed by atoms with Gasteiger partial charge in [0, 0.05) is 5.75 Å². The molecule has 0 aliphatic carbocycles. The molecule has 10 heteroatoms. The lowest BCUT2D eigenvalue weighted by molar-refractivity contribution is -0.140. The molecule has 1 aromatic rings. The minimum absolute atomic E-state index is 0.0817. The van der Waals surface area contributed by atoms with Gasteiger partial charge in [0.25, 0.3) is 0 Å². The lowest BCUT2D eigenvalue weighted by Gasteiger charge is -2.20. The van der Waals surface area contributed by atoms with Gasteiger partial charge in [-0.25, -0.2) is 12.8 Å². The Balaban J connectivity index is 2.53. The van der Waals surface area contributed by atoms with Crippen LogP contribution in [0.5, 0.6) is 5.75 Å². The van der Waals surface area contributed by atoms with Crippen LogP contribution in [0.25, 0.3) is 0 Å². The van der Waals surface area contributed by atoms with Crippen molar-refractivity contribution in [2.45, 2.75) is 10.9 Å². The monoisotopic (exact) mass is 341 g/mol. The van der Waals surface area contributed by atoms with Gasteiger partial charge in [0.15, 0.2) is 5.75 Å². The molecule has 1 saturated heterocycles. The third-order valence-electron chi connectivity index (χ3n) is 2.71. The summed E-state index contributed by atoms with van der Waals surface area (Å²) < 4.78 is 38.7. The highest BCUT2D eigenvalue weighted by atomic mass is 35.5. The number of thioether (sulfide) groups is 1. The third kappa shape index (κ3) is 2.58. The predicted molar refractivity (Wildman–Crippen MR) is 70.8 cm³/mol. The number of phenolic OH excluding ortho intramolecular Hbond substituents is 1. The van der Waals surface area contributed by atoms with Crippen molar-refractivity contribution in [1.29, 1.82) is 0 Å². The second kappa shape index (κ2) is 5.40. The van der Waals surface area contributed by atoms with E-state index in [9.17, 15) is 22.7 Å². The van der Waals surface area contributed by atoms with Crippen LogP contribution < -0.4 is 0 Å². The Morgan fingerprint density at radius 2 is 2.15 bits per heavy atom. The summed E-state index contributed by atoms with van der Waals surface area (Å²) in [5.41, 5.74) is 0. The summed E-state index contributed by atoms with van der Waals surface area (Å²) in [6, 6.07) is 0.119. The average Bonchev–Trinajstić information content (AvgIpc) is 2.83. The number of nitrogens with zero attached hydrogens (tertiary/aromatic N) is 1. The molecule has 2 N–H and O–H groups in total. The summed E-state index contributed by atoms with van der Waals surface area (Å²) >= 11 is 6.65. The molecule has 0 radical (unpaired) electrons. The molecule has 0 amide bonds. The van der Waals surface area contributed by atoms with Gasteiger partial charge >= 0.3 is 5.97 Å². The van der Waals surface area contributed by atoms with E-state index in [1.165, 1.54) is 0 Å². The molecule has 1 aliphatic heterocycles. The fourth-order valence-electron chi connectivity index (χ4n) is 1.72. The topological polar surface area (TPSA) is 94.9 Å². The molecule has 6 nitrogen and oxygen atoms in total. The summed E-state index contributed by atoms with van der Waals surface area (Å²) in [6.07, 6.45) is 0. The van der Waals surface area contributed by atoms with E-state index in [0.29, 0.717) is 10.4 Å². The number of halogens is 2. The van der Waals surface area contributed by atoms with Crippen LogP contribution in [-0.2, 0) is 14.8 Å². The molecular weight excluding hydrogens is 333 g/mol. The van der Waals surface area contributed by atoms with Crippen LogP contribution in [0.1, 0.15) is 0 Å². The van der Waals surface area contributed by atoms with Gasteiger partial charge < -0.3 is 10.2 Å². The largest absolute Gasteiger partial charge is 0.505 e. The first-order valence-electron chi connectivity index (χ1n) is 5.25. The molecule has 110 valence electrons. The second-order valence-corrected chi connectivity index (χ2v) is 7.25. The minimum Gasteiger partial charge on any atom is -0.505 e. The van der Waals surface area contributed by atoms with Crippen molar-refractivity contribution < 1.29 is 27.8 Å². The number of rotatable bonds is 3.